The minimum Gasteiger partial charge on any atom is -0.462 e. The van der Waals surface area contributed by atoms with Gasteiger partial charge in [0.15, 0.2) is 6.10 Å². The van der Waals surface area contributed by atoms with Crippen molar-refractivity contribution in [1.82, 2.24) is 0 Å². The molecular formula is C52H96O6. The van der Waals surface area contributed by atoms with Gasteiger partial charge in [-0.05, 0) is 70.6 Å². The second-order valence-corrected chi connectivity index (χ2v) is 17.1. The molecule has 0 bridgehead atoms. The predicted molar refractivity (Wildman–Crippen MR) is 247 cm³/mol. The van der Waals surface area contributed by atoms with Crippen LogP contribution in [0.25, 0.3) is 0 Å². The molecule has 0 spiro atoms. The molecule has 0 aromatic carbocycles. The molecule has 0 N–H and O–H groups in total. The van der Waals surface area contributed by atoms with Gasteiger partial charge in [0.25, 0.3) is 0 Å². The van der Waals surface area contributed by atoms with Gasteiger partial charge in [-0.25, -0.2) is 0 Å². The van der Waals surface area contributed by atoms with Crippen LogP contribution in [0.4, 0.5) is 0 Å². The summed E-state index contributed by atoms with van der Waals surface area (Å²) in [5.41, 5.74) is 0. The molecule has 58 heavy (non-hydrogen) atoms. The number of carbonyl (C=O) groups excluding carboxylic acids is 3. The van der Waals surface area contributed by atoms with Gasteiger partial charge in [0.05, 0.1) is 0 Å². The van der Waals surface area contributed by atoms with E-state index in [0.717, 1.165) is 57.8 Å². The molecule has 340 valence electrons. The van der Waals surface area contributed by atoms with E-state index in [4.69, 9.17) is 14.2 Å². The van der Waals surface area contributed by atoms with Crippen LogP contribution in [0.5, 0.6) is 0 Å². The lowest BCUT2D eigenvalue weighted by molar-refractivity contribution is -0.167. The van der Waals surface area contributed by atoms with Crippen LogP contribution in [0, 0.1) is 0 Å². The van der Waals surface area contributed by atoms with Crippen LogP contribution >= 0.6 is 0 Å². The highest BCUT2D eigenvalue weighted by molar-refractivity contribution is 5.71. The van der Waals surface area contributed by atoms with E-state index in [-0.39, 0.29) is 31.1 Å². The summed E-state index contributed by atoms with van der Waals surface area (Å²) in [5, 5.41) is 0. The first kappa shape index (κ1) is 55.9. The predicted octanol–water partition coefficient (Wildman–Crippen LogP) is 16.4. The molecule has 6 nitrogen and oxygen atoms in total. The van der Waals surface area contributed by atoms with Crippen molar-refractivity contribution in [2.45, 2.75) is 277 Å². The molecular weight excluding hydrogens is 721 g/mol. The fraction of sp³-hybridized carbons (Fsp3) is 0.865. The van der Waals surface area contributed by atoms with Gasteiger partial charge >= 0.3 is 17.9 Å². The Morgan fingerprint density at radius 3 is 0.879 bits per heavy atom. The first-order chi connectivity index (χ1) is 28.5. The monoisotopic (exact) mass is 817 g/mol. The van der Waals surface area contributed by atoms with Gasteiger partial charge in [-0.2, -0.15) is 0 Å². The highest BCUT2D eigenvalue weighted by Gasteiger charge is 2.19. The average molecular weight is 817 g/mol. The van der Waals surface area contributed by atoms with Crippen molar-refractivity contribution in [2.75, 3.05) is 13.2 Å². The topological polar surface area (TPSA) is 78.9 Å². The van der Waals surface area contributed by atoms with E-state index in [1.165, 1.54) is 173 Å². The van der Waals surface area contributed by atoms with Crippen molar-refractivity contribution >= 4 is 17.9 Å². The second kappa shape index (κ2) is 47.6. The third-order valence-corrected chi connectivity index (χ3v) is 11.2. The van der Waals surface area contributed by atoms with Crippen LogP contribution in [0.1, 0.15) is 271 Å². The molecule has 1 unspecified atom stereocenters. The van der Waals surface area contributed by atoms with Gasteiger partial charge in [-0.3, -0.25) is 14.4 Å². The maximum absolute atomic E-state index is 12.8. The van der Waals surface area contributed by atoms with E-state index in [9.17, 15) is 14.4 Å². The van der Waals surface area contributed by atoms with Crippen LogP contribution < -0.4 is 0 Å². The van der Waals surface area contributed by atoms with Crippen LogP contribution in [-0.2, 0) is 28.6 Å². The Morgan fingerprint density at radius 1 is 0.328 bits per heavy atom. The lowest BCUT2D eigenvalue weighted by atomic mass is 10.1. The van der Waals surface area contributed by atoms with Crippen molar-refractivity contribution in [1.29, 1.82) is 0 Å². The summed E-state index contributed by atoms with van der Waals surface area (Å²) < 4.78 is 16.8. The van der Waals surface area contributed by atoms with Crippen molar-refractivity contribution in [3.8, 4) is 0 Å². The molecule has 1 atom stereocenters. The standard InChI is InChI=1S/C52H96O6/c1-4-7-10-13-16-19-22-24-26-28-30-33-36-39-42-45-51(54)57-48-49(47-56-50(53)44-41-38-35-32-21-18-15-12-9-6-3)58-52(55)46-43-40-37-34-31-29-27-25-23-20-17-14-11-8-5-2/h19-20,22-23,49H,4-18,21,24-48H2,1-3H3/b22-19-,23-20-. The number of hydrogen-bond donors (Lipinski definition) is 0. The van der Waals surface area contributed by atoms with E-state index in [1.54, 1.807) is 0 Å². The summed E-state index contributed by atoms with van der Waals surface area (Å²) in [6.07, 6.45) is 53.0. The van der Waals surface area contributed by atoms with Gasteiger partial charge in [0.2, 0.25) is 0 Å². The summed E-state index contributed by atoms with van der Waals surface area (Å²) >= 11 is 0. The number of rotatable bonds is 46. The first-order valence-corrected chi connectivity index (χ1v) is 25.3. The smallest absolute Gasteiger partial charge is 0.306 e. The Kier molecular flexibility index (Phi) is 45.8. The lowest BCUT2D eigenvalue weighted by Gasteiger charge is -2.18. The number of esters is 3. The highest BCUT2D eigenvalue weighted by atomic mass is 16.6. The summed E-state index contributed by atoms with van der Waals surface area (Å²) in [4.78, 5) is 37.9. The minimum absolute atomic E-state index is 0.0710. The maximum Gasteiger partial charge on any atom is 0.306 e. The summed E-state index contributed by atoms with van der Waals surface area (Å²) in [5.74, 6) is -0.871. The summed E-state index contributed by atoms with van der Waals surface area (Å²) in [6, 6.07) is 0. The van der Waals surface area contributed by atoms with Crippen molar-refractivity contribution in [3.63, 3.8) is 0 Å². The van der Waals surface area contributed by atoms with E-state index in [2.05, 4.69) is 45.1 Å². The zero-order valence-corrected chi connectivity index (χ0v) is 38.8. The SMILES string of the molecule is CCCCCC/C=C\CCCCCCCCCC(=O)OCC(COC(=O)CCCCCCCCCCCC)OC(=O)CCCCCCCCC/C=C\CCCCCC. The summed E-state index contributed by atoms with van der Waals surface area (Å²) in [6.45, 7) is 6.61. The van der Waals surface area contributed by atoms with Gasteiger partial charge in [-0.1, -0.05) is 206 Å². The maximum atomic E-state index is 12.8. The molecule has 0 aromatic rings. The molecule has 0 saturated carbocycles. The van der Waals surface area contributed by atoms with Crippen molar-refractivity contribution < 1.29 is 28.6 Å². The first-order valence-electron chi connectivity index (χ1n) is 25.3. The van der Waals surface area contributed by atoms with Gasteiger partial charge in [0, 0.05) is 19.3 Å². The number of allylic oxidation sites excluding steroid dienone is 4. The molecule has 0 aromatic heterocycles. The van der Waals surface area contributed by atoms with E-state index in [0.29, 0.717) is 19.3 Å². The number of carbonyl (C=O) groups is 3. The van der Waals surface area contributed by atoms with Crippen molar-refractivity contribution in [3.05, 3.63) is 24.3 Å². The van der Waals surface area contributed by atoms with Crippen LogP contribution in [0.3, 0.4) is 0 Å². The molecule has 0 fully saturated rings. The minimum atomic E-state index is -0.769. The van der Waals surface area contributed by atoms with Gasteiger partial charge in [-0.15, -0.1) is 0 Å². The Morgan fingerprint density at radius 2 is 0.569 bits per heavy atom. The molecule has 0 rings (SSSR count). The molecule has 0 heterocycles. The summed E-state index contributed by atoms with van der Waals surface area (Å²) in [7, 11) is 0. The van der Waals surface area contributed by atoms with Crippen LogP contribution in [-0.4, -0.2) is 37.2 Å². The molecule has 0 amide bonds. The van der Waals surface area contributed by atoms with E-state index < -0.39 is 6.10 Å². The highest BCUT2D eigenvalue weighted by Crippen LogP contribution is 2.15. The second-order valence-electron chi connectivity index (χ2n) is 17.1. The van der Waals surface area contributed by atoms with Crippen LogP contribution in [0.15, 0.2) is 24.3 Å². The molecule has 0 aliphatic rings. The van der Waals surface area contributed by atoms with Crippen LogP contribution in [0.2, 0.25) is 0 Å². The van der Waals surface area contributed by atoms with Gasteiger partial charge in [0.1, 0.15) is 13.2 Å². The quantitative estimate of drug-likeness (QED) is 0.0263. The number of ether oxygens (including phenoxy) is 3. The zero-order chi connectivity index (χ0) is 42.3. The normalized spacial score (nSPS) is 12.1. The molecule has 6 heteroatoms. The fourth-order valence-corrected chi connectivity index (χ4v) is 7.31. The Hall–Kier alpha value is -2.11. The largest absolute Gasteiger partial charge is 0.462 e. The van der Waals surface area contributed by atoms with E-state index >= 15 is 0 Å². The Balaban J connectivity index is 4.33. The van der Waals surface area contributed by atoms with E-state index in [1.807, 2.05) is 0 Å². The Labute approximate surface area is 360 Å². The third-order valence-electron chi connectivity index (χ3n) is 11.2. The lowest BCUT2D eigenvalue weighted by Crippen LogP contribution is -2.30. The number of hydrogen-bond acceptors (Lipinski definition) is 6. The van der Waals surface area contributed by atoms with Crippen molar-refractivity contribution in [2.24, 2.45) is 0 Å². The average Bonchev–Trinajstić information content (AvgIpc) is 3.22. The fourth-order valence-electron chi connectivity index (χ4n) is 7.31. The molecule has 0 radical (unpaired) electrons. The number of unbranched alkanes of at least 4 members (excludes halogenated alkanes) is 31. The molecule has 0 aliphatic carbocycles. The molecule has 0 saturated heterocycles. The zero-order valence-electron chi connectivity index (χ0n) is 38.8. The van der Waals surface area contributed by atoms with Gasteiger partial charge < -0.3 is 14.2 Å². The molecule has 0 aliphatic heterocycles. The third kappa shape index (κ3) is 45.0. The Bertz CT molecular complexity index is 942.